The molecule has 0 saturated heterocycles. The van der Waals surface area contributed by atoms with E-state index in [0.717, 1.165) is 13.0 Å². The third kappa shape index (κ3) is 4.84. The molecule has 1 unspecified atom stereocenters. The maximum absolute atomic E-state index is 9.95. The fourth-order valence-corrected chi connectivity index (χ4v) is 2.38. The first-order chi connectivity index (χ1) is 8.91. The molecular formula is C16H28N2O. The number of benzene rings is 1. The van der Waals surface area contributed by atoms with Gasteiger partial charge in [-0.15, -0.1) is 0 Å². The first-order valence-electron chi connectivity index (χ1n) is 7.15. The van der Waals surface area contributed by atoms with Crippen LogP contribution in [0, 0.1) is 0 Å². The van der Waals surface area contributed by atoms with Crippen molar-refractivity contribution in [1.82, 2.24) is 5.32 Å². The molecule has 0 aromatic heterocycles. The number of hydrogen-bond acceptors (Lipinski definition) is 3. The normalized spacial score (nSPS) is 13.4. The van der Waals surface area contributed by atoms with Crippen LogP contribution in [-0.2, 0) is 0 Å². The van der Waals surface area contributed by atoms with E-state index in [1.165, 1.54) is 11.3 Å². The van der Waals surface area contributed by atoms with Gasteiger partial charge in [-0.2, -0.15) is 0 Å². The van der Waals surface area contributed by atoms with Crippen LogP contribution in [0.25, 0.3) is 0 Å². The van der Waals surface area contributed by atoms with E-state index in [0.29, 0.717) is 12.6 Å². The van der Waals surface area contributed by atoms with Gasteiger partial charge in [0.25, 0.3) is 0 Å². The van der Waals surface area contributed by atoms with Crippen molar-refractivity contribution in [2.24, 2.45) is 0 Å². The molecule has 1 atom stereocenters. The van der Waals surface area contributed by atoms with Crippen molar-refractivity contribution in [2.45, 2.75) is 45.8 Å². The average Bonchev–Trinajstić information content (AvgIpc) is 2.37. The second-order valence-electron chi connectivity index (χ2n) is 5.67. The largest absolute Gasteiger partial charge is 0.389 e. The predicted molar refractivity (Wildman–Crippen MR) is 82.7 cm³/mol. The number of nitrogens with zero attached hydrogens (tertiary/aromatic N) is 1. The molecule has 0 aliphatic carbocycles. The van der Waals surface area contributed by atoms with E-state index in [1.54, 1.807) is 0 Å². The van der Waals surface area contributed by atoms with Gasteiger partial charge in [-0.3, -0.25) is 0 Å². The summed E-state index contributed by atoms with van der Waals surface area (Å²) in [5.41, 5.74) is 1.80. The molecule has 3 nitrogen and oxygen atoms in total. The summed E-state index contributed by atoms with van der Waals surface area (Å²) in [7, 11) is 1.99. The lowest BCUT2D eigenvalue weighted by Gasteiger charge is -2.30. The zero-order valence-corrected chi connectivity index (χ0v) is 12.9. The van der Waals surface area contributed by atoms with Crippen LogP contribution in [-0.4, -0.2) is 30.8 Å². The molecule has 108 valence electrons. The van der Waals surface area contributed by atoms with Crippen molar-refractivity contribution in [3.63, 3.8) is 0 Å². The van der Waals surface area contributed by atoms with E-state index < -0.39 is 5.60 Å². The van der Waals surface area contributed by atoms with Gasteiger partial charge in [0, 0.05) is 24.8 Å². The molecule has 1 aromatic carbocycles. The lowest BCUT2D eigenvalue weighted by atomic mass is 10.0. The highest BCUT2D eigenvalue weighted by molar-refractivity contribution is 5.48. The quantitative estimate of drug-likeness (QED) is 0.795. The summed E-state index contributed by atoms with van der Waals surface area (Å²) in [5.74, 6) is 0. The van der Waals surface area contributed by atoms with Crippen LogP contribution in [0.3, 0.4) is 0 Å². The molecule has 0 spiro atoms. The number of anilines is 1. The van der Waals surface area contributed by atoms with E-state index in [2.05, 4.69) is 48.3 Å². The highest BCUT2D eigenvalue weighted by Crippen LogP contribution is 2.22. The fourth-order valence-electron chi connectivity index (χ4n) is 2.38. The van der Waals surface area contributed by atoms with Gasteiger partial charge in [0.1, 0.15) is 0 Å². The second-order valence-corrected chi connectivity index (χ2v) is 5.67. The number of hydrogen-bond donors (Lipinski definition) is 2. The SMILES string of the molecule is CCC(NC)c1ccc(N(CC)CC(C)(C)O)cc1. The van der Waals surface area contributed by atoms with E-state index in [9.17, 15) is 5.11 Å². The van der Waals surface area contributed by atoms with Crippen molar-refractivity contribution < 1.29 is 5.11 Å². The minimum atomic E-state index is -0.675. The van der Waals surface area contributed by atoms with Gasteiger partial charge in [-0.1, -0.05) is 19.1 Å². The second kappa shape index (κ2) is 6.92. The maximum Gasteiger partial charge on any atom is 0.0765 e. The molecule has 0 aliphatic heterocycles. The van der Waals surface area contributed by atoms with Crippen molar-refractivity contribution in [3.8, 4) is 0 Å². The molecule has 3 heteroatoms. The Balaban J connectivity index is 2.84. The standard InChI is InChI=1S/C16H28N2O/c1-6-15(17-5)13-8-10-14(11-9-13)18(7-2)12-16(3,4)19/h8-11,15,17,19H,6-7,12H2,1-5H3. The van der Waals surface area contributed by atoms with Crippen molar-refractivity contribution in [3.05, 3.63) is 29.8 Å². The Morgan fingerprint density at radius 2 is 1.79 bits per heavy atom. The zero-order valence-electron chi connectivity index (χ0n) is 12.9. The van der Waals surface area contributed by atoms with Crippen molar-refractivity contribution in [1.29, 1.82) is 0 Å². The molecule has 0 fully saturated rings. The Morgan fingerprint density at radius 3 is 2.16 bits per heavy atom. The van der Waals surface area contributed by atoms with E-state index in [4.69, 9.17) is 0 Å². The van der Waals surface area contributed by atoms with Crippen LogP contribution in [0.5, 0.6) is 0 Å². The van der Waals surface area contributed by atoms with Gasteiger partial charge < -0.3 is 15.3 Å². The third-order valence-electron chi connectivity index (χ3n) is 3.38. The summed E-state index contributed by atoms with van der Waals surface area (Å²) in [5, 5.41) is 13.3. The van der Waals surface area contributed by atoms with Gasteiger partial charge in [-0.25, -0.2) is 0 Å². The van der Waals surface area contributed by atoms with E-state index in [-0.39, 0.29) is 0 Å². The van der Waals surface area contributed by atoms with Crippen LogP contribution < -0.4 is 10.2 Å². The summed E-state index contributed by atoms with van der Waals surface area (Å²) in [6.07, 6.45) is 1.08. The molecule has 0 aliphatic rings. The summed E-state index contributed by atoms with van der Waals surface area (Å²) in [6, 6.07) is 9.05. The van der Waals surface area contributed by atoms with Gasteiger partial charge in [0.2, 0.25) is 0 Å². The predicted octanol–water partition coefficient (Wildman–Crippen LogP) is 2.95. The maximum atomic E-state index is 9.95. The molecule has 0 heterocycles. The summed E-state index contributed by atoms with van der Waals surface area (Å²) < 4.78 is 0. The number of aliphatic hydroxyl groups is 1. The lowest BCUT2D eigenvalue weighted by Crippen LogP contribution is -2.38. The highest BCUT2D eigenvalue weighted by atomic mass is 16.3. The minimum absolute atomic E-state index is 0.415. The average molecular weight is 264 g/mol. The molecule has 2 N–H and O–H groups in total. The Kier molecular flexibility index (Phi) is 5.83. The molecule has 19 heavy (non-hydrogen) atoms. The molecule has 0 saturated carbocycles. The Hall–Kier alpha value is -1.06. The number of nitrogens with one attached hydrogen (secondary N) is 1. The Bertz CT molecular complexity index is 363. The molecule has 0 bridgehead atoms. The smallest absolute Gasteiger partial charge is 0.0765 e. The van der Waals surface area contributed by atoms with Gasteiger partial charge in [0.05, 0.1) is 5.60 Å². The zero-order chi connectivity index (χ0) is 14.5. The van der Waals surface area contributed by atoms with Crippen LogP contribution >= 0.6 is 0 Å². The molecule has 0 radical (unpaired) electrons. The Morgan fingerprint density at radius 1 is 1.21 bits per heavy atom. The molecule has 1 aromatic rings. The molecule has 1 rings (SSSR count). The molecule has 0 amide bonds. The van der Waals surface area contributed by atoms with E-state index in [1.807, 2.05) is 20.9 Å². The minimum Gasteiger partial charge on any atom is -0.389 e. The number of rotatable bonds is 7. The lowest BCUT2D eigenvalue weighted by molar-refractivity contribution is 0.0876. The van der Waals surface area contributed by atoms with E-state index >= 15 is 0 Å². The topological polar surface area (TPSA) is 35.5 Å². The van der Waals surface area contributed by atoms with Crippen LogP contribution in [0.2, 0.25) is 0 Å². The first kappa shape index (κ1) is 16.0. The summed E-state index contributed by atoms with van der Waals surface area (Å²) >= 11 is 0. The molecular weight excluding hydrogens is 236 g/mol. The van der Waals surface area contributed by atoms with Crippen molar-refractivity contribution in [2.75, 3.05) is 25.0 Å². The van der Waals surface area contributed by atoms with Gasteiger partial charge in [0.15, 0.2) is 0 Å². The van der Waals surface area contributed by atoms with Gasteiger partial charge >= 0.3 is 0 Å². The van der Waals surface area contributed by atoms with Gasteiger partial charge in [-0.05, 0) is 51.9 Å². The van der Waals surface area contributed by atoms with Crippen LogP contribution in [0.1, 0.15) is 45.7 Å². The van der Waals surface area contributed by atoms with Crippen molar-refractivity contribution >= 4 is 5.69 Å². The van der Waals surface area contributed by atoms with Crippen LogP contribution in [0.4, 0.5) is 5.69 Å². The monoisotopic (exact) mass is 264 g/mol. The summed E-state index contributed by atoms with van der Waals surface area (Å²) in [6.45, 7) is 9.53. The number of likely N-dealkylation sites (N-methyl/N-ethyl adjacent to an activating group) is 1. The summed E-state index contributed by atoms with van der Waals surface area (Å²) in [4.78, 5) is 2.20. The third-order valence-corrected chi connectivity index (χ3v) is 3.38. The first-order valence-corrected chi connectivity index (χ1v) is 7.15. The van der Waals surface area contributed by atoms with Crippen LogP contribution in [0.15, 0.2) is 24.3 Å². The highest BCUT2D eigenvalue weighted by Gasteiger charge is 2.17. The fraction of sp³-hybridized carbons (Fsp3) is 0.625. The Labute approximate surface area is 117 Å².